The van der Waals surface area contributed by atoms with Gasteiger partial charge in [0.1, 0.15) is 0 Å². The van der Waals surface area contributed by atoms with Crippen molar-refractivity contribution < 1.29 is 8.78 Å². The number of alkyl halides is 2. The van der Waals surface area contributed by atoms with Gasteiger partial charge in [-0.15, -0.1) is 0 Å². The fraction of sp³-hybridized carbons (Fsp3) is 1.00. The van der Waals surface area contributed by atoms with Crippen LogP contribution in [0, 0.1) is 5.92 Å². The highest BCUT2D eigenvalue weighted by atomic mass is 19.3. The molecule has 1 unspecified atom stereocenters. The second-order valence-electron chi connectivity index (χ2n) is 2.46. The maximum Gasteiger partial charge on any atom is 0.241 e. The highest BCUT2D eigenvalue weighted by Gasteiger charge is 2.17. The third kappa shape index (κ3) is 3.77. The van der Waals surface area contributed by atoms with Gasteiger partial charge >= 0.3 is 0 Å². The van der Waals surface area contributed by atoms with Crippen LogP contribution in [0.15, 0.2) is 0 Å². The van der Waals surface area contributed by atoms with Crippen molar-refractivity contribution >= 4 is 0 Å². The molecule has 1 nitrogen and oxygen atoms in total. The number of hydrogen-bond acceptors (Lipinski definition) is 1. The highest BCUT2D eigenvalue weighted by Crippen LogP contribution is 2.18. The van der Waals surface area contributed by atoms with E-state index in [4.69, 9.17) is 5.73 Å². The summed E-state index contributed by atoms with van der Waals surface area (Å²) in [6, 6.07) is 0. The standard InChI is InChI=1S/C7H15F2N/c1-2-3-6(4-5-10)7(8)9/h6-7H,2-5,10H2,1H3. The molecule has 0 aromatic heterocycles. The van der Waals surface area contributed by atoms with Gasteiger partial charge in [-0.05, 0) is 19.4 Å². The number of rotatable bonds is 5. The fourth-order valence-electron chi connectivity index (χ4n) is 0.981. The summed E-state index contributed by atoms with van der Waals surface area (Å²) in [5, 5.41) is 0. The Hall–Kier alpha value is -0.180. The van der Waals surface area contributed by atoms with Crippen LogP contribution in [0.25, 0.3) is 0 Å². The van der Waals surface area contributed by atoms with E-state index in [1.807, 2.05) is 6.92 Å². The summed E-state index contributed by atoms with van der Waals surface area (Å²) >= 11 is 0. The van der Waals surface area contributed by atoms with Crippen molar-refractivity contribution in [2.45, 2.75) is 32.6 Å². The normalized spacial score (nSPS) is 14.1. The molecule has 0 aliphatic heterocycles. The molecule has 3 heteroatoms. The average molecular weight is 151 g/mol. The molecule has 0 fully saturated rings. The maximum atomic E-state index is 12.0. The van der Waals surface area contributed by atoms with E-state index in [-0.39, 0.29) is 0 Å². The lowest BCUT2D eigenvalue weighted by Gasteiger charge is -2.12. The molecule has 0 bridgehead atoms. The lowest BCUT2D eigenvalue weighted by molar-refractivity contribution is 0.0684. The summed E-state index contributed by atoms with van der Waals surface area (Å²) in [4.78, 5) is 0. The zero-order chi connectivity index (χ0) is 7.98. The van der Waals surface area contributed by atoms with Crippen molar-refractivity contribution in [2.24, 2.45) is 11.7 Å². The van der Waals surface area contributed by atoms with Gasteiger partial charge in [0, 0.05) is 5.92 Å². The molecule has 0 aromatic rings. The van der Waals surface area contributed by atoms with Gasteiger partial charge in [-0.3, -0.25) is 0 Å². The molecule has 1 atom stereocenters. The quantitative estimate of drug-likeness (QED) is 0.639. The molecule has 10 heavy (non-hydrogen) atoms. The third-order valence-corrected chi connectivity index (χ3v) is 1.55. The van der Waals surface area contributed by atoms with E-state index in [0.29, 0.717) is 19.4 Å². The Morgan fingerprint density at radius 3 is 2.20 bits per heavy atom. The first-order valence-electron chi connectivity index (χ1n) is 3.70. The van der Waals surface area contributed by atoms with Gasteiger partial charge in [-0.2, -0.15) is 0 Å². The van der Waals surface area contributed by atoms with Gasteiger partial charge in [0.15, 0.2) is 0 Å². The highest BCUT2D eigenvalue weighted by molar-refractivity contribution is 4.60. The smallest absolute Gasteiger partial charge is 0.241 e. The van der Waals surface area contributed by atoms with Gasteiger partial charge in [0.05, 0.1) is 0 Å². The summed E-state index contributed by atoms with van der Waals surface area (Å²) < 4.78 is 24.0. The molecular formula is C7H15F2N. The topological polar surface area (TPSA) is 26.0 Å². The van der Waals surface area contributed by atoms with Crippen molar-refractivity contribution in [3.63, 3.8) is 0 Å². The van der Waals surface area contributed by atoms with Crippen LogP contribution >= 0.6 is 0 Å². The van der Waals surface area contributed by atoms with Crippen molar-refractivity contribution in [2.75, 3.05) is 6.54 Å². The van der Waals surface area contributed by atoms with E-state index >= 15 is 0 Å². The van der Waals surface area contributed by atoms with Gasteiger partial charge in [-0.25, -0.2) is 8.78 Å². The molecule has 0 aliphatic carbocycles. The van der Waals surface area contributed by atoms with Crippen LogP contribution < -0.4 is 5.73 Å². The molecule has 0 spiro atoms. The zero-order valence-electron chi connectivity index (χ0n) is 6.32. The van der Waals surface area contributed by atoms with Gasteiger partial charge < -0.3 is 5.73 Å². The lowest BCUT2D eigenvalue weighted by Crippen LogP contribution is -2.15. The summed E-state index contributed by atoms with van der Waals surface area (Å²) in [5.41, 5.74) is 5.16. The van der Waals surface area contributed by atoms with Crippen LogP contribution in [0.3, 0.4) is 0 Å². The van der Waals surface area contributed by atoms with Crippen LogP contribution in [0.1, 0.15) is 26.2 Å². The van der Waals surface area contributed by atoms with Gasteiger partial charge in [-0.1, -0.05) is 13.3 Å². The lowest BCUT2D eigenvalue weighted by atomic mass is 10.0. The molecule has 0 amide bonds. The summed E-state index contributed by atoms with van der Waals surface area (Å²) in [7, 11) is 0. The summed E-state index contributed by atoms with van der Waals surface area (Å²) in [5.74, 6) is -0.477. The Morgan fingerprint density at radius 2 is 1.90 bits per heavy atom. The van der Waals surface area contributed by atoms with E-state index in [9.17, 15) is 8.78 Å². The third-order valence-electron chi connectivity index (χ3n) is 1.55. The van der Waals surface area contributed by atoms with E-state index in [2.05, 4.69) is 0 Å². The van der Waals surface area contributed by atoms with E-state index in [1.54, 1.807) is 0 Å². The number of nitrogens with two attached hydrogens (primary N) is 1. The molecule has 0 aromatic carbocycles. The van der Waals surface area contributed by atoms with E-state index in [0.717, 1.165) is 6.42 Å². The van der Waals surface area contributed by atoms with Crippen LogP contribution in [-0.2, 0) is 0 Å². The van der Waals surface area contributed by atoms with Crippen LogP contribution in [0.4, 0.5) is 8.78 Å². The molecule has 0 saturated carbocycles. The Bertz CT molecular complexity index is 70.0. The van der Waals surface area contributed by atoms with Crippen molar-refractivity contribution in [1.29, 1.82) is 0 Å². The zero-order valence-corrected chi connectivity index (χ0v) is 6.32. The largest absolute Gasteiger partial charge is 0.330 e. The Balaban J connectivity index is 3.50. The van der Waals surface area contributed by atoms with Crippen molar-refractivity contribution in [3.8, 4) is 0 Å². The molecule has 0 aliphatic rings. The molecular weight excluding hydrogens is 136 g/mol. The SMILES string of the molecule is CCCC(CCN)C(F)F. The molecule has 0 saturated heterocycles. The van der Waals surface area contributed by atoms with Crippen LogP contribution in [-0.4, -0.2) is 13.0 Å². The fourth-order valence-corrected chi connectivity index (χ4v) is 0.981. The minimum absolute atomic E-state index is 0.370. The average Bonchev–Trinajstić information content (AvgIpc) is 1.87. The second-order valence-corrected chi connectivity index (χ2v) is 2.46. The first kappa shape index (κ1) is 9.82. The van der Waals surface area contributed by atoms with E-state index in [1.165, 1.54) is 0 Å². The maximum absolute atomic E-state index is 12.0. The predicted octanol–water partition coefficient (Wildman–Crippen LogP) is 2.02. The molecule has 2 N–H and O–H groups in total. The molecule has 0 radical (unpaired) electrons. The summed E-state index contributed by atoms with van der Waals surface area (Å²) in [6.45, 7) is 2.28. The number of hydrogen-bond donors (Lipinski definition) is 1. The van der Waals surface area contributed by atoms with Gasteiger partial charge in [0.2, 0.25) is 6.43 Å². The monoisotopic (exact) mass is 151 g/mol. The van der Waals surface area contributed by atoms with Crippen LogP contribution in [0.2, 0.25) is 0 Å². The van der Waals surface area contributed by atoms with Crippen LogP contribution in [0.5, 0.6) is 0 Å². The predicted molar refractivity (Wildman–Crippen MR) is 38.1 cm³/mol. The summed E-state index contributed by atoms with van der Waals surface area (Å²) in [6.07, 6.45) is -0.335. The minimum Gasteiger partial charge on any atom is -0.330 e. The minimum atomic E-state index is -2.19. The molecule has 0 heterocycles. The Kier molecular flexibility index (Phi) is 5.49. The van der Waals surface area contributed by atoms with Crippen molar-refractivity contribution in [1.82, 2.24) is 0 Å². The van der Waals surface area contributed by atoms with E-state index < -0.39 is 12.3 Å². The molecule has 62 valence electrons. The Labute approximate surface area is 60.6 Å². The molecule has 0 rings (SSSR count). The first-order valence-corrected chi connectivity index (χ1v) is 3.70. The second kappa shape index (κ2) is 5.59. The van der Waals surface area contributed by atoms with Crippen molar-refractivity contribution in [3.05, 3.63) is 0 Å². The van der Waals surface area contributed by atoms with Gasteiger partial charge in [0.25, 0.3) is 0 Å². The number of halogens is 2. The Morgan fingerprint density at radius 1 is 1.30 bits per heavy atom. The first-order chi connectivity index (χ1) is 4.72.